The van der Waals surface area contributed by atoms with E-state index in [2.05, 4.69) is 5.32 Å². The van der Waals surface area contributed by atoms with Crippen molar-refractivity contribution in [2.75, 3.05) is 0 Å². The Morgan fingerprint density at radius 3 is 2.70 bits per heavy atom. The number of halogens is 1. The van der Waals surface area contributed by atoms with Crippen LogP contribution in [0.2, 0.25) is 0 Å². The van der Waals surface area contributed by atoms with Gasteiger partial charge >= 0.3 is 6.09 Å². The third kappa shape index (κ3) is 1.22. The van der Waals surface area contributed by atoms with Crippen molar-refractivity contribution >= 4 is 35.3 Å². The van der Waals surface area contributed by atoms with E-state index >= 15 is 0 Å². The molecule has 98 valence electrons. The predicted molar refractivity (Wildman–Crippen MR) is 73.7 cm³/mol. The molecule has 1 unspecified atom stereocenters. The topological polar surface area (TPSA) is 55.4 Å². The molecule has 0 aromatic heterocycles. The zero-order valence-electron chi connectivity index (χ0n) is 10.1. The monoisotopic (exact) mass is 285 g/mol. The van der Waals surface area contributed by atoms with Gasteiger partial charge in [-0.2, -0.15) is 0 Å². The molecule has 0 saturated carbocycles. The van der Waals surface area contributed by atoms with Crippen LogP contribution in [0.3, 0.4) is 0 Å². The Hall–Kier alpha value is -2.33. The number of nitrogens with one attached hydrogen (secondary N) is 1. The lowest BCUT2D eigenvalue weighted by atomic mass is 9.83. The Kier molecular flexibility index (Phi) is 2.07. The number of hydrogen-bond donors (Lipinski definition) is 1. The molecule has 0 radical (unpaired) electrons. The minimum Gasteiger partial charge on any atom is -0.421 e. The second-order valence-electron chi connectivity index (χ2n) is 4.77. The maximum atomic E-state index is 12.2. The van der Waals surface area contributed by atoms with E-state index in [1.165, 1.54) is 0 Å². The molecule has 4 nitrogen and oxygen atoms in total. The van der Waals surface area contributed by atoms with E-state index in [0.717, 1.165) is 16.7 Å². The summed E-state index contributed by atoms with van der Waals surface area (Å²) in [5.41, 5.74) is 1.90. The zero-order valence-corrected chi connectivity index (χ0v) is 10.9. The number of imide groups is 1. The smallest absolute Gasteiger partial charge is 0.415 e. The third-order valence-corrected chi connectivity index (χ3v) is 4.13. The fourth-order valence-corrected chi connectivity index (χ4v) is 3.14. The number of hydrogen-bond acceptors (Lipinski definition) is 3. The summed E-state index contributed by atoms with van der Waals surface area (Å²) in [7, 11) is 0. The number of allylic oxidation sites excluding steroid dienone is 2. The quantitative estimate of drug-likeness (QED) is 0.797. The van der Waals surface area contributed by atoms with Crippen molar-refractivity contribution in [2.45, 2.75) is 5.60 Å². The van der Waals surface area contributed by atoms with Crippen LogP contribution >= 0.6 is 11.6 Å². The van der Waals surface area contributed by atoms with Gasteiger partial charge in [-0.05, 0) is 28.9 Å². The molecular weight excluding hydrogens is 278 g/mol. The minimum atomic E-state index is -1.54. The van der Waals surface area contributed by atoms with Crippen molar-refractivity contribution in [1.82, 2.24) is 5.32 Å². The van der Waals surface area contributed by atoms with Crippen LogP contribution in [0.25, 0.3) is 11.6 Å². The maximum absolute atomic E-state index is 12.2. The molecule has 1 aromatic rings. The highest BCUT2D eigenvalue weighted by atomic mass is 35.5. The van der Waals surface area contributed by atoms with Gasteiger partial charge in [0.15, 0.2) is 0 Å². The highest BCUT2D eigenvalue weighted by molar-refractivity contribution is 6.36. The molecule has 3 aliphatic rings. The molecule has 2 aliphatic carbocycles. The number of benzene rings is 1. The largest absolute Gasteiger partial charge is 0.421 e. The van der Waals surface area contributed by atoms with Crippen LogP contribution in [0.1, 0.15) is 11.1 Å². The second kappa shape index (κ2) is 3.61. The van der Waals surface area contributed by atoms with Crippen molar-refractivity contribution < 1.29 is 14.3 Å². The molecule has 1 saturated heterocycles. The molecule has 1 aliphatic heterocycles. The average Bonchev–Trinajstić information content (AvgIpc) is 2.94. The summed E-state index contributed by atoms with van der Waals surface area (Å²) in [6.45, 7) is 0. The molecule has 0 bridgehead atoms. The summed E-state index contributed by atoms with van der Waals surface area (Å²) < 4.78 is 5.25. The Morgan fingerprint density at radius 2 is 1.95 bits per heavy atom. The van der Waals surface area contributed by atoms with Gasteiger partial charge < -0.3 is 4.74 Å². The lowest BCUT2D eigenvalue weighted by Gasteiger charge is -2.29. The van der Waals surface area contributed by atoms with Gasteiger partial charge in [0, 0.05) is 5.57 Å². The van der Waals surface area contributed by atoms with E-state index in [1.54, 1.807) is 6.08 Å². The number of alkyl carbamates (subject to hydrolysis) is 1. The molecule has 1 aromatic carbocycles. The molecule has 1 N–H and O–H groups in total. The van der Waals surface area contributed by atoms with Crippen LogP contribution in [-0.4, -0.2) is 17.6 Å². The van der Waals surface area contributed by atoms with Crippen LogP contribution in [0, 0.1) is 0 Å². The summed E-state index contributed by atoms with van der Waals surface area (Å²) in [6.07, 6.45) is 4.51. The van der Waals surface area contributed by atoms with Gasteiger partial charge in [0.05, 0.1) is 5.03 Å². The number of ether oxygens (including phenoxy) is 1. The molecule has 5 heteroatoms. The standard InChI is InChI=1S/C15H8ClNO3/c16-12-6-5-10-9-4-2-1-3-8(9)7-11(10)15(12)13(18)17-14(19)20-15/h1-7H,(H,17,18,19). The molecule has 1 heterocycles. The summed E-state index contributed by atoms with van der Waals surface area (Å²) in [6, 6.07) is 7.73. The fourth-order valence-electron chi connectivity index (χ4n) is 2.85. The normalized spacial score (nSPS) is 26.4. The molecule has 4 rings (SSSR count). The number of amides is 2. The van der Waals surface area contributed by atoms with E-state index in [1.807, 2.05) is 36.4 Å². The van der Waals surface area contributed by atoms with Crippen LogP contribution in [0.4, 0.5) is 4.79 Å². The first-order valence-electron chi connectivity index (χ1n) is 6.07. The lowest BCUT2D eigenvalue weighted by molar-refractivity contribution is -0.125. The minimum absolute atomic E-state index is 0.184. The van der Waals surface area contributed by atoms with E-state index in [-0.39, 0.29) is 5.03 Å². The van der Waals surface area contributed by atoms with Crippen molar-refractivity contribution in [2.24, 2.45) is 0 Å². The zero-order chi connectivity index (χ0) is 13.9. The SMILES string of the molecule is O=C1NC(=O)C2(O1)C(Cl)=CC=C1C2=Cc2ccccc21. The van der Waals surface area contributed by atoms with Crippen molar-refractivity contribution in [3.8, 4) is 0 Å². The first-order chi connectivity index (χ1) is 9.63. The van der Waals surface area contributed by atoms with E-state index in [4.69, 9.17) is 16.3 Å². The first kappa shape index (κ1) is 11.5. The Balaban J connectivity index is 1.98. The molecule has 2 amide bonds. The Morgan fingerprint density at radius 1 is 1.15 bits per heavy atom. The van der Waals surface area contributed by atoms with Gasteiger partial charge in [-0.3, -0.25) is 10.1 Å². The van der Waals surface area contributed by atoms with Gasteiger partial charge in [-0.25, -0.2) is 4.79 Å². The number of carbonyl (C=O) groups is 2. The van der Waals surface area contributed by atoms with Crippen molar-refractivity contribution in [3.63, 3.8) is 0 Å². The summed E-state index contributed by atoms with van der Waals surface area (Å²) in [4.78, 5) is 23.7. The van der Waals surface area contributed by atoms with Crippen LogP contribution in [-0.2, 0) is 9.53 Å². The Bertz CT molecular complexity index is 775. The molecule has 1 fully saturated rings. The van der Waals surface area contributed by atoms with E-state index < -0.39 is 17.6 Å². The van der Waals surface area contributed by atoms with Gasteiger partial charge in [0.2, 0.25) is 0 Å². The van der Waals surface area contributed by atoms with Gasteiger partial charge in [0.25, 0.3) is 11.5 Å². The van der Waals surface area contributed by atoms with Crippen molar-refractivity contribution in [1.29, 1.82) is 0 Å². The molecule has 1 spiro atoms. The Labute approximate surface area is 119 Å². The van der Waals surface area contributed by atoms with Gasteiger partial charge in [-0.1, -0.05) is 41.9 Å². The third-order valence-electron chi connectivity index (χ3n) is 3.73. The van der Waals surface area contributed by atoms with Crippen LogP contribution in [0.15, 0.2) is 47.0 Å². The highest BCUT2D eigenvalue weighted by Gasteiger charge is 2.57. The van der Waals surface area contributed by atoms with Crippen LogP contribution < -0.4 is 5.32 Å². The highest BCUT2D eigenvalue weighted by Crippen LogP contribution is 2.50. The fraction of sp³-hybridized carbons (Fsp3) is 0.0667. The molecule has 1 atom stereocenters. The summed E-state index contributed by atoms with van der Waals surface area (Å²) in [5.74, 6) is -0.548. The van der Waals surface area contributed by atoms with E-state index in [9.17, 15) is 9.59 Å². The molecule has 20 heavy (non-hydrogen) atoms. The average molecular weight is 286 g/mol. The van der Waals surface area contributed by atoms with E-state index in [0.29, 0.717) is 5.57 Å². The maximum Gasteiger partial charge on any atom is 0.415 e. The lowest BCUT2D eigenvalue weighted by Crippen LogP contribution is -2.42. The number of rotatable bonds is 0. The van der Waals surface area contributed by atoms with Gasteiger partial charge in [0.1, 0.15) is 0 Å². The number of carbonyl (C=O) groups excluding carboxylic acids is 2. The van der Waals surface area contributed by atoms with Gasteiger partial charge in [-0.15, -0.1) is 0 Å². The number of fused-ring (bicyclic) bond motifs is 4. The predicted octanol–water partition coefficient (Wildman–Crippen LogP) is 2.61. The molecular formula is C15H8ClNO3. The summed E-state index contributed by atoms with van der Waals surface area (Å²) in [5, 5.41) is 2.34. The second-order valence-corrected chi connectivity index (χ2v) is 5.17. The van der Waals surface area contributed by atoms with Crippen LogP contribution in [0.5, 0.6) is 0 Å². The first-order valence-corrected chi connectivity index (χ1v) is 6.45. The van der Waals surface area contributed by atoms with Crippen molar-refractivity contribution in [3.05, 3.63) is 58.1 Å². The summed E-state index contributed by atoms with van der Waals surface area (Å²) >= 11 is 6.19.